The number of rotatable bonds is 4. The molecule has 0 bridgehead atoms. The molecule has 1 fully saturated rings. The molecule has 0 aromatic heterocycles. The van der Waals surface area contributed by atoms with E-state index in [0.717, 1.165) is 0 Å². The first kappa shape index (κ1) is 14.9. The molecule has 110 valence electrons. The quantitative estimate of drug-likeness (QED) is 0.896. The van der Waals surface area contributed by atoms with Crippen molar-refractivity contribution in [3.63, 3.8) is 0 Å². The molecule has 1 saturated heterocycles. The van der Waals surface area contributed by atoms with Crippen molar-refractivity contribution in [3.8, 4) is 11.8 Å². The Hall–Kier alpha value is -2.55. The number of aliphatic carboxylic acids is 1. The number of likely N-dealkylation sites (tertiary alicyclic amines) is 1. The summed E-state index contributed by atoms with van der Waals surface area (Å²) in [7, 11) is 0. The average molecular weight is 288 g/mol. The van der Waals surface area contributed by atoms with Crippen molar-refractivity contribution in [3.05, 3.63) is 29.8 Å². The van der Waals surface area contributed by atoms with Gasteiger partial charge in [0.25, 0.3) is 5.91 Å². The van der Waals surface area contributed by atoms with E-state index in [1.54, 1.807) is 24.3 Å². The topological polar surface area (TPSA) is 90.6 Å². The van der Waals surface area contributed by atoms with Crippen LogP contribution in [0.2, 0.25) is 0 Å². The minimum absolute atomic E-state index is 0.0543. The Morgan fingerprint density at radius 3 is 2.57 bits per heavy atom. The van der Waals surface area contributed by atoms with Gasteiger partial charge in [0.15, 0.2) is 6.61 Å². The Balaban J connectivity index is 1.87. The van der Waals surface area contributed by atoms with Crippen molar-refractivity contribution >= 4 is 11.9 Å². The molecule has 1 aliphatic rings. The number of amides is 1. The van der Waals surface area contributed by atoms with E-state index >= 15 is 0 Å². The highest BCUT2D eigenvalue weighted by Gasteiger charge is 2.36. The summed E-state index contributed by atoms with van der Waals surface area (Å²) in [5.41, 5.74) is 0.520. The van der Waals surface area contributed by atoms with Gasteiger partial charge in [0.05, 0.1) is 17.6 Å². The lowest BCUT2D eigenvalue weighted by Crippen LogP contribution is -2.33. The monoisotopic (exact) mass is 288 g/mol. The lowest BCUT2D eigenvalue weighted by atomic mass is 9.99. The number of hydrogen-bond donors (Lipinski definition) is 1. The fourth-order valence-electron chi connectivity index (χ4n) is 2.35. The number of carboxylic acids is 1. The van der Waals surface area contributed by atoms with Crippen molar-refractivity contribution < 1.29 is 19.4 Å². The number of benzene rings is 1. The molecular weight excluding hydrogens is 272 g/mol. The predicted octanol–water partition coefficient (Wildman–Crippen LogP) is 1.12. The van der Waals surface area contributed by atoms with E-state index in [0.29, 0.717) is 17.9 Å². The van der Waals surface area contributed by atoms with Crippen LogP contribution >= 0.6 is 0 Å². The zero-order valence-corrected chi connectivity index (χ0v) is 11.7. The molecule has 6 heteroatoms. The molecular formula is C15H16N2O4. The molecule has 1 N–H and O–H groups in total. The zero-order valence-electron chi connectivity index (χ0n) is 11.7. The molecule has 0 saturated carbocycles. The average Bonchev–Trinajstić information content (AvgIpc) is 2.87. The molecule has 1 aromatic rings. The number of carbonyl (C=O) groups is 2. The highest BCUT2D eigenvalue weighted by Crippen LogP contribution is 2.23. The molecule has 0 spiro atoms. The summed E-state index contributed by atoms with van der Waals surface area (Å²) in [6.07, 6.45) is 0. The van der Waals surface area contributed by atoms with Gasteiger partial charge in [-0.25, -0.2) is 0 Å². The van der Waals surface area contributed by atoms with E-state index in [4.69, 9.17) is 15.1 Å². The third kappa shape index (κ3) is 3.51. The summed E-state index contributed by atoms with van der Waals surface area (Å²) in [4.78, 5) is 24.6. The van der Waals surface area contributed by atoms with Crippen molar-refractivity contribution in [1.82, 2.24) is 4.90 Å². The van der Waals surface area contributed by atoms with Gasteiger partial charge in [-0.05, 0) is 30.2 Å². The van der Waals surface area contributed by atoms with E-state index < -0.39 is 11.9 Å². The molecule has 1 amide bonds. The van der Waals surface area contributed by atoms with Crippen molar-refractivity contribution in [2.24, 2.45) is 11.8 Å². The molecule has 0 aliphatic carbocycles. The first-order chi connectivity index (χ1) is 10.0. The summed E-state index contributed by atoms with van der Waals surface area (Å²) in [6.45, 7) is 2.36. The maximum atomic E-state index is 12.0. The van der Waals surface area contributed by atoms with Crippen LogP contribution in [0, 0.1) is 23.2 Å². The second kappa shape index (κ2) is 6.27. The van der Waals surface area contributed by atoms with E-state index in [1.165, 1.54) is 4.90 Å². The fraction of sp³-hybridized carbons (Fsp3) is 0.400. The molecule has 21 heavy (non-hydrogen) atoms. The van der Waals surface area contributed by atoms with Crippen LogP contribution in [-0.4, -0.2) is 41.6 Å². The van der Waals surface area contributed by atoms with Crippen LogP contribution in [0.3, 0.4) is 0 Å². The SMILES string of the molecule is C[C@@H]1CN(C(=O)COc2ccc(C#N)cc2)C[C@H]1C(=O)O. The Morgan fingerprint density at radius 2 is 2.05 bits per heavy atom. The van der Waals surface area contributed by atoms with Crippen LogP contribution in [0.5, 0.6) is 5.75 Å². The fourth-order valence-corrected chi connectivity index (χ4v) is 2.35. The lowest BCUT2D eigenvalue weighted by molar-refractivity contribution is -0.142. The van der Waals surface area contributed by atoms with Crippen molar-refractivity contribution in [1.29, 1.82) is 5.26 Å². The maximum Gasteiger partial charge on any atom is 0.308 e. The summed E-state index contributed by atoms with van der Waals surface area (Å²) < 4.78 is 5.36. The van der Waals surface area contributed by atoms with Crippen LogP contribution in [0.4, 0.5) is 0 Å². The lowest BCUT2D eigenvalue weighted by Gasteiger charge is -2.16. The number of nitriles is 1. The van der Waals surface area contributed by atoms with Crippen LogP contribution in [0.1, 0.15) is 12.5 Å². The van der Waals surface area contributed by atoms with Gasteiger partial charge >= 0.3 is 5.97 Å². The van der Waals surface area contributed by atoms with Gasteiger partial charge in [-0.2, -0.15) is 5.26 Å². The van der Waals surface area contributed by atoms with Crippen LogP contribution in [0.15, 0.2) is 24.3 Å². The number of hydrogen-bond acceptors (Lipinski definition) is 4. The number of carboxylic acid groups (broad SMARTS) is 1. The third-order valence-electron chi connectivity index (χ3n) is 3.63. The Kier molecular flexibility index (Phi) is 4.43. The minimum atomic E-state index is -0.870. The minimum Gasteiger partial charge on any atom is -0.484 e. The first-order valence-corrected chi connectivity index (χ1v) is 6.65. The van der Waals surface area contributed by atoms with Gasteiger partial charge in [-0.1, -0.05) is 6.92 Å². The van der Waals surface area contributed by atoms with Crippen LogP contribution in [-0.2, 0) is 9.59 Å². The van der Waals surface area contributed by atoms with Gasteiger partial charge in [-0.15, -0.1) is 0 Å². The van der Waals surface area contributed by atoms with Gasteiger partial charge in [-0.3, -0.25) is 9.59 Å². The maximum absolute atomic E-state index is 12.0. The van der Waals surface area contributed by atoms with E-state index in [9.17, 15) is 9.59 Å². The standard InChI is InChI=1S/C15H16N2O4/c1-10-7-17(8-13(10)15(19)20)14(18)9-21-12-4-2-11(6-16)3-5-12/h2-5,10,13H,7-9H2,1H3,(H,19,20)/t10-,13-/m1/s1. The molecule has 1 heterocycles. The van der Waals surface area contributed by atoms with E-state index in [1.807, 2.05) is 13.0 Å². The van der Waals surface area contributed by atoms with E-state index in [2.05, 4.69) is 0 Å². The number of nitrogens with zero attached hydrogens (tertiary/aromatic N) is 2. The number of ether oxygens (including phenoxy) is 1. The summed E-state index contributed by atoms with van der Waals surface area (Å²) in [5, 5.41) is 17.7. The van der Waals surface area contributed by atoms with Gasteiger partial charge in [0, 0.05) is 13.1 Å². The van der Waals surface area contributed by atoms with Crippen molar-refractivity contribution in [2.45, 2.75) is 6.92 Å². The van der Waals surface area contributed by atoms with Crippen molar-refractivity contribution in [2.75, 3.05) is 19.7 Å². The molecule has 0 unspecified atom stereocenters. The van der Waals surface area contributed by atoms with Crippen LogP contribution in [0.25, 0.3) is 0 Å². The molecule has 1 aliphatic heterocycles. The Morgan fingerprint density at radius 1 is 1.38 bits per heavy atom. The summed E-state index contributed by atoms with van der Waals surface area (Å²) >= 11 is 0. The molecule has 1 aromatic carbocycles. The Bertz CT molecular complexity index is 576. The normalized spacial score (nSPS) is 20.9. The van der Waals surface area contributed by atoms with Crippen LogP contribution < -0.4 is 4.74 Å². The van der Waals surface area contributed by atoms with Gasteiger partial charge in [0.1, 0.15) is 5.75 Å². The smallest absolute Gasteiger partial charge is 0.308 e. The second-order valence-corrected chi connectivity index (χ2v) is 5.15. The summed E-state index contributed by atoms with van der Waals surface area (Å²) in [5.74, 6) is -1.16. The summed E-state index contributed by atoms with van der Waals surface area (Å²) in [6, 6.07) is 8.46. The molecule has 2 rings (SSSR count). The largest absolute Gasteiger partial charge is 0.484 e. The molecule has 6 nitrogen and oxygen atoms in total. The van der Waals surface area contributed by atoms with E-state index in [-0.39, 0.29) is 25.0 Å². The Labute approximate surface area is 122 Å². The first-order valence-electron chi connectivity index (χ1n) is 6.65. The predicted molar refractivity (Wildman–Crippen MR) is 73.5 cm³/mol. The molecule has 2 atom stereocenters. The van der Waals surface area contributed by atoms with Gasteiger partial charge < -0.3 is 14.7 Å². The molecule has 0 radical (unpaired) electrons. The highest BCUT2D eigenvalue weighted by atomic mass is 16.5. The number of carbonyl (C=O) groups excluding carboxylic acids is 1. The van der Waals surface area contributed by atoms with Gasteiger partial charge in [0.2, 0.25) is 0 Å². The second-order valence-electron chi connectivity index (χ2n) is 5.15. The zero-order chi connectivity index (χ0) is 15.4. The highest BCUT2D eigenvalue weighted by molar-refractivity contribution is 5.80. The third-order valence-corrected chi connectivity index (χ3v) is 3.63.